The number of carbonyl (C=O) groups is 1. The van der Waals surface area contributed by atoms with Gasteiger partial charge >= 0.3 is 0 Å². The van der Waals surface area contributed by atoms with Gasteiger partial charge in [-0.15, -0.1) is 0 Å². The van der Waals surface area contributed by atoms with Crippen LogP contribution in [-0.4, -0.2) is 24.4 Å². The van der Waals surface area contributed by atoms with Crippen molar-refractivity contribution < 1.29 is 4.79 Å². The van der Waals surface area contributed by atoms with Gasteiger partial charge in [0.1, 0.15) is 0 Å². The zero-order valence-electron chi connectivity index (χ0n) is 8.84. The minimum absolute atomic E-state index is 0.165. The van der Waals surface area contributed by atoms with Crippen molar-refractivity contribution in [1.29, 1.82) is 0 Å². The molecule has 3 heteroatoms. The van der Waals surface area contributed by atoms with Crippen LogP contribution in [0.2, 0.25) is 0 Å². The molecule has 1 N–H and O–H groups in total. The van der Waals surface area contributed by atoms with Gasteiger partial charge in [-0.1, -0.05) is 0 Å². The number of hydrogen-bond donors (Lipinski definition) is 1. The van der Waals surface area contributed by atoms with Gasteiger partial charge < -0.3 is 10.2 Å². The number of nitrogens with one attached hydrogen (secondary N) is 1. The zero-order chi connectivity index (χ0) is 10.4. The van der Waals surface area contributed by atoms with Gasteiger partial charge in [0.05, 0.1) is 0 Å². The van der Waals surface area contributed by atoms with E-state index in [0.717, 1.165) is 25.1 Å². The number of benzene rings is 1. The van der Waals surface area contributed by atoms with E-state index in [9.17, 15) is 4.79 Å². The summed E-state index contributed by atoms with van der Waals surface area (Å²) in [6.45, 7) is 1.83. The van der Waals surface area contributed by atoms with Crippen molar-refractivity contribution in [3.63, 3.8) is 0 Å². The topological polar surface area (TPSA) is 32.3 Å². The summed E-state index contributed by atoms with van der Waals surface area (Å²) >= 11 is 0. The van der Waals surface area contributed by atoms with Crippen molar-refractivity contribution in [2.24, 2.45) is 0 Å². The molecule has 3 rings (SSSR count). The molecule has 0 atom stereocenters. The molecule has 3 nitrogen and oxygen atoms in total. The third-order valence-electron chi connectivity index (χ3n) is 3.32. The van der Waals surface area contributed by atoms with E-state index in [1.807, 2.05) is 19.2 Å². The minimum Gasteiger partial charge on any atom is -0.385 e. The van der Waals surface area contributed by atoms with Crippen LogP contribution < -0.4 is 5.32 Å². The van der Waals surface area contributed by atoms with E-state index >= 15 is 0 Å². The van der Waals surface area contributed by atoms with Crippen LogP contribution in [0.3, 0.4) is 0 Å². The van der Waals surface area contributed by atoms with E-state index < -0.39 is 0 Å². The van der Waals surface area contributed by atoms with Crippen LogP contribution in [0.15, 0.2) is 12.1 Å². The first-order valence-corrected chi connectivity index (χ1v) is 5.41. The molecule has 2 aliphatic heterocycles. The Morgan fingerprint density at radius 3 is 3.07 bits per heavy atom. The molecule has 0 aliphatic carbocycles. The summed E-state index contributed by atoms with van der Waals surface area (Å²) in [5, 5.41) is 3.39. The lowest BCUT2D eigenvalue weighted by Crippen LogP contribution is -2.17. The lowest BCUT2D eigenvalue weighted by Gasteiger charge is -2.20. The summed E-state index contributed by atoms with van der Waals surface area (Å²) in [5.74, 6) is 0.165. The predicted molar refractivity (Wildman–Crippen MR) is 59.1 cm³/mol. The highest BCUT2D eigenvalue weighted by Crippen LogP contribution is 2.32. The van der Waals surface area contributed by atoms with E-state index in [1.54, 1.807) is 4.90 Å². The van der Waals surface area contributed by atoms with E-state index in [-0.39, 0.29) is 5.91 Å². The fourth-order valence-corrected chi connectivity index (χ4v) is 2.53. The molecule has 0 saturated heterocycles. The predicted octanol–water partition coefficient (Wildman–Crippen LogP) is 1.63. The molecular formula is C12H14N2O. The molecule has 1 amide bonds. The third-order valence-corrected chi connectivity index (χ3v) is 3.32. The highest BCUT2D eigenvalue weighted by molar-refractivity contribution is 5.99. The Morgan fingerprint density at radius 1 is 1.33 bits per heavy atom. The Hall–Kier alpha value is -1.51. The molecule has 78 valence electrons. The summed E-state index contributed by atoms with van der Waals surface area (Å²) in [7, 11) is 1.87. The normalized spacial score (nSPS) is 18.5. The van der Waals surface area contributed by atoms with Crippen LogP contribution in [-0.2, 0) is 13.0 Å². The fraction of sp³-hybridized carbons (Fsp3) is 0.417. The number of fused-ring (bicyclic) bond motifs is 3. The number of anilines is 1. The van der Waals surface area contributed by atoms with Crippen molar-refractivity contribution in [3.05, 3.63) is 28.8 Å². The highest BCUT2D eigenvalue weighted by Gasteiger charge is 2.28. The quantitative estimate of drug-likeness (QED) is 0.693. The highest BCUT2D eigenvalue weighted by atomic mass is 16.2. The first-order chi connectivity index (χ1) is 7.27. The standard InChI is InChI=1S/C12H14N2O/c1-14-7-10-8-3-2-6-13-11(8)5-4-9(10)12(14)15/h4-5,13H,2-3,6-7H2,1H3. The summed E-state index contributed by atoms with van der Waals surface area (Å²) in [4.78, 5) is 13.6. The molecule has 2 heterocycles. The third kappa shape index (κ3) is 1.16. The second-order valence-electron chi connectivity index (χ2n) is 4.31. The molecule has 0 saturated carbocycles. The maximum Gasteiger partial charge on any atom is 0.254 e. The van der Waals surface area contributed by atoms with Crippen LogP contribution in [0.4, 0.5) is 5.69 Å². The van der Waals surface area contributed by atoms with Gasteiger partial charge in [0.2, 0.25) is 0 Å². The minimum atomic E-state index is 0.165. The number of carbonyl (C=O) groups excluding carboxylic acids is 1. The Labute approximate surface area is 89.1 Å². The molecule has 0 bridgehead atoms. The molecule has 0 aromatic heterocycles. The largest absolute Gasteiger partial charge is 0.385 e. The first kappa shape index (κ1) is 8.77. The Kier molecular flexibility index (Phi) is 1.75. The van der Waals surface area contributed by atoms with Crippen molar-refractivity contribution in [3.8, 4) is 0 Å². The van der Waals surface area contributed by atoms with Gasteiger partial charge in [0.25, 0.3) is 5.91 Å². The summed E-state index contributed by atoms with van der Waals surface area (Å²) in [6.07, 6.45) is 2.27. The van der Waals surface area contributed by atoms with Crippen LogP contribution in [0.1, 0.15) is 27.9 Å². The Balaban J connectivity index is 2.17. The van der Waals surface area contributed by atoms with Gasteiger partial charge in [-0.05, 0) is 36.1 Å². The number of rotatable bonds is 0. The molecule has 0 fully saturated rings. The van der Waals surface area contributed by atoms with Gasteiger partial charge in [-0.25, -0.2) is 0 Å². The fourth-order valence-electron chi connectivity index (χ4n) is 2.53. The van der Waals surface area contributed by atoms with Gasteiger partial charge in [0.15, 0.2) is 0 Å². The lowest BCUT2D eigenvalue weighted by atomic mass is 9.95. The SMILES string of the molecule is CN1Cc2c(ccc3c2CCCN3)C1=O. The average Bonchev–Trinajstić information content (AvgIpc) is 2.56. The van der Waals surface area contributed by atoms with Gasteiger partial charge in [0, 0.05) is 31.4 Å². The second-order valence-corrected chi connectivity index (χ2v) is 4.31. The van der Waals surface area contributed by atoms with Crippen LogP contribution in [0.25, 0.3) is 0 Å². The molecule has 2 aliphatic rings. The van der Waals surface area contributed by atoms with Gasteiger partial charge in [-0.2, -0.15) is 0 Å². The molecule has 0 radical (unpaired) electrons. The average molecular weight is 202 g/mol. The summed E-state index contributed by atoms with van der Waals surface area (Å²) < 4.78 is 0. The maximum atomic E-state index is 11.8. The van der Waals surface area contributed by atoms with Crippen molar-refractivity contribution >= 4 is 11.6 Å². The first-order valence-electron chi connectivity index (χ1n) is 5.41. The zero-order valence-corrected chi connectivity index (χ0v) is 8.84. The van der Waals surface area contributed by atoms with Crippen molar-refractivity contribution in [2.75, 3.05) is 18.9 Å². The van der Waals surface area contributed by atoms with Crippen LogP contribution in [0.5, 0.6) is 0 Å². The van der Waals surface area contributed by atoms with Crippen LogP contribution in [0, 0.1) is 0 Å². The van der Waals surface area contributed by atoms with E-state index in [4.69, 9.17) is 0 Å². The monoisotopic (exact) mass is 202 g/mol. The number of hydrogen-bond acceptors (Lipinski definition) is 2. The van der Waals surface area contributed by atoms with E-state index in [0.29, 0.717) is 0 Å². The lowest BCUT2D eigenvalue weighted by molar-refractivity contribution is 0.0816. The molecule has 15 heavy (non-hydrogen) atoms. The maximum absolute atomic E-state index is 11.8. The number of amides is 1. The second kappa shape index (κ2) is 2.99. The summed E-state index contributed by atoms with van der Waals surface area (Å²) in [6, 6.07) is 4.00. The molecule has 1 aromatic rings. The van der Waals surface area contributed by atoms with E-state index in [2.05, 4.69) is 5.32 Å². The number of nitrogens with zero attached hydrogens (tertiary/aromatic N) is 1. The molecule has 1 aromatic carbocycles. The van der Waals surface area contributed by atoms with E-state index in [1.165, 1.54) is 23.2 Å². The Morgan fingerprint density at radius 2 is 2.20 bits per heavy atom. The Bertz CT molecular complexity index is 439. The molecule has 0 unspecified atom stereocenters. The smallest absolute Gasteiger partial charge is 0.254 e. The van der Waals surface area contributed by atoms with Crippen molar-refractivity contribution in [2.45, 2.75) is 19.4 Å². The summed E-state index contributed by atoms with van der Waals surface area (Å²) in [5.41, 5.74) is 4.73. The van der Waals surface area contributed by atoms with Crippen molar-refractivity contribution in [1.82, 2.24) is 4.90 Å². The van der Waals surface area contributed by atoms with Gasteiger partial charge in [-0.3, -0.25) is 4.79 Å². The van der Waals surface area contributed by atoms with Crippen LogP contribution >= 0.6 is 0 Å². The molecule has 0 spiro atoms. The molecular weight excluding hydrogens is 188 g/mol.